The number of aliphatic hydroxyl groups is 1. The van der Waals surface area contributed by atoms with Crippen LogP contribution in [0.4, 0.5) is 5.88 Å². The lowest BCUT2D eigenvalue weighted by Crippen LogP contribution is -2.31. The zero-order chi connectivity index (χ0) is 15.9. The predicted molar refractivity (Wildman–Crippen MR) is 81.5 cm³/mol. The van der Waals surface area contributed by atoms with Gasteiger partial charge in [0.05, 0.1) is 38.8 Å². The van der Waals surface area contributed by atoms with Crippen LogP contribution in [0.2, 0.25) is 0 Å². The molecule has 0 atom stereocenters. The second-order valence-electron chi connectivity index (χ2n) is 4.84. The Bertz CT molecular complexity index is 647. The molecule has 2 rings (SSSR count). The summed E-state index contributed by atoms with van der Waals surface area (Å²) in [6.07, 6.45) is 1.49. The summed E-state index contributed by atoms with van der Waals surface area (Å²) in [5.74, 6) is 0.395. The first-order valence-electron chi connectivity index (χ1n) is 7.11. The van der Waals surface area contributed by atoms with Gasteiger partial charge in [-0.3, -0.25) is 4.79 Å². The van der Waals surface area contributed by atoms with Crippen molar-refractivity contribution in [2.45, 2.75) is 6.92 Å². The molecule has 1 N–H and O–H groups in total. The molecule has 0 aliphatic rings. The monoisotopic (exact) mass is 311 g/mol. The Balaban J connectivity index is 2.13. The molecule has 2 aromatic heterocycles. The lowest BCUT2D eigenvalue weighted by Gasteiger charge is -2.21. The van der Waals surface area contributed by atoms with E-state index in [9.17, 15) is 9.90 Å². The number of anilines is 1. The standard InChI is InChI=1S/C15H21NO6/c1-11-10-21-15-12(18)9-13(22-14(11)15)16(3-5-17)4-6-20-8-7-19-2/h9-10,17H,3-8H2,1-2H3. The molecular weight excluding hydrogens is 290 g/mol. The maximum Gasteiger partial charge on any atom is 0.230 e. The van der Waals surface area contributed by atoms with Crippen molar-refractivity contribution in [1.82, 2.24) is 0 Å². The number of rotatable bonds is 9. The Kier molecular flexibility index (Phi) is 6.00. The van der Waals surface area contributed by atoms with Crippen LogP contribution < -0.4 is 10.3 Å². The number of aryl methyl sites for hydroxylation is 1. The third kappa shape index (κ3) is 3.88. The Morgan fingerprint density at radius 3 is 2.77 bits per heavy atom. The molecule has 2 aromatic rings. The topological polar surface area (TPSA) is 85.3 Å². The Hall–Kier alpha value is -1.83. The smallest absolute Gasteiger partial charge is 0.230 e. The number of aliphatic hydroxyl groups excluding tert-OH is 1. The van der Waals surface area contributed by atoms with E-state index in [1.165, 1.54) is 12.3 Å². The maximum absolute atomic E-state index is 12.0. The highest BCUT2D eigenvalue weighted by Crippen LogP contribution is 2.23. The summed E-state index contributed by atoms with van der Waals surface area (Å²) >= 11 is 0. The van der Waals surface area contributed by atoms with Gasteiger partial charge in [-0.15, -0.1) is 0 Å². The van der Waals surface area contributed by atoms with Gasteiger partial charge in [-0.25, -0.2) is 0 Å². The SMILES string of the molecule is COCCOCCN(CCO)c1cc(=O)c2occ(C)c2o1. The average molecular weight is 311 g/mol. The molecular formula is C15H21NO6. The van der Waals surface area contributed by atoms with E-state index in [2.05, 4.69) is 0 Å². The number of hydrogen-bond donors (Lipinski definition) is 1. The van der Waals surface area contributed by atoms with Crippen molar-refractivity contribution in [3.8, 4) is 0 Å². The number of methoxy groups -OCH3 is 1. The van der Waals surface area contributed by atoms with Gasteiger partial charge >= 0.3 is 0 Å². The maximum atomic E-state index is 12.0. The van der Waals surface area contributed by atoms with E-state index < -0.39 is 0 Å². The molecule has 0 aliphatic heterocycles. The first kappa shape index (κ1) is 16.5. The summed E-state index contributed by atoms with van der Waals surface area (Å²) in [5.41, 5.74) is 1.16. The minimum atomic E-state index is -0.243. The van der Waals surface area contributed by atoms with Crippen LogP contribution in [0.25, 0.3) is 11.2 Å². The van der Waals surface area contributed by atoms with Gasteiger partial charge < -0.3 is 28.3 Å². The molecule has 0 spiro atoms. The van der Waals surface area contributed by atoms with Gasteiger partial charge in [0.2, 0.25) is 11.0 Å². The molecule has 0 aliphatic carbocycles. The molecule has 0 aromatic carbocycles. The largest absolute Gasteiger partial charge is 0.456 e. The average Bonchev–Trinajstić information content (AvgIpc) is 2.88. The van der Waals surface area contributed by atoms with E-state index in [0.717, 1.165) is 5.56 Å². The molecule has 0 fully saturated rings. The lowest BCUT2D eigenvalue weighted by atomic mass is 10.3. The Labute approximate surface area is 128 Å². The van der Waals surface area contributed by atoms with Gasteiger partial charge in [-0.1, -0.05) is 0 Å². The third-order valence-corrected chi connectivity index (χ3v) is 3.22. The van der Waals surface area contributed by atoms with Gasteiger partial charge in [-0.05, 0) is 6.92 Å². The van der Waals surface area contributed by atoms with Crippen molar-refractivity contribution in [2.24, 2.45) is 0 Å². The zero-order valence-corrected chi connectivity index (χ0v) is 12.8. The van der Waals surface area contributed by atoms with Gasteiger partial charge in [0.1, 0.15) is 0 Å². The summed E-state index contributed by atoms with van der Waals surface area (Å²) in [6.45, 7) is 4.06. The van der Waals surface area contributed by atoms with E-state index in [-0.39, 0.29) is 17.6 Å². The van der Waals surface area contributed by atoms with Gasteiger partial charge in [0.15, 0.2) is 11.5 Å². The van der Waals surface area contributed by atoms with E-state index in [1.807, 2.05) is 6.92 Å². The molecule has 7 nitrogen and oxygen atoms in total. The van der Waals surface area contributed by atoms with Crippen LogP contribution in [0.3, 0.4) is 0 Å². The van der Waals surface area contributed by atoms with Crippen LogP contribution in [0.15, 0.2) is 26.0 Å². The second kappa shape index (κ2) is 7.98. The summed E-state index contributed by atoms with van der Waals surface area (Å²) in [7, 11) is 1.61. The predicted octanol–water partition coefficient (Wildman–Crippen LogP) is 1.16. The fourth-order valence-corrected chi connectivity index (χ4v) is 2.07. The molecule has 7 heteroatoms. The highest BCUT2D eigenvalue weighted by Gasteiger charge is 2.15. The van der Waals surface area contributed by atoms with Crippen LogP contribution in [0, 0.1) is 6.92 Å². The molecule has 2 heterocycles. The summed E-state index contributed by atoms with van der Waals surface area (Å²) in [6, 6.07) is 1.37. The van der Waals surface area contributed by atoms with E-state index in [1.54, 1.807) is 12.0 Å². The summed E-state index contributed by atoms with van der Waals surface area (Å²) in [5, 5.41) is 9.20. The van der Waals surface area contributed by atoms with Crippen molar-refractivity contribution in [1.29, 1.82) is 0 Å². The molecule has 0 saturated carbocycles. The second-order valence-corrected chi connectivity index (χ2v) is 4.84. The van der Waals surface area contributed by atoms with Crippen molar-refractivity contribution in [3.05, 3.63) is 28.1 Å². The molecule has 0 bridgehead atoms. The number of nitrogens with zero attached hydrogens (tertiary/aromatic N) is 1. The Morgan fingerprint density at radius 1 is 1.23 bits per heavy atom. The van der Waals surface area contributed by atoms with Crippen molar-refractivity contribution >= 4 is 17.1 Å². The van der Waals surface area contributed by atoms with E-state index in [4.69, 9.17) is 18.3 Å². The first-order valence-corrected chi connectivity index (χ1v) is 7.11. The van der Waals surface area contributed by atoms with Gasteiger partial charge in [0, 0.05) is 25.8 Å². The fraction of sp³-hybridized carbons (Fsp3) is 0.533. The van der Waals surface area contributed by atoms with E-state index >= 15 is 0 Å². The van der Waals surface area contributed by atoms with Crippen molar-refractivity contribution < 1.29 is 23.4 Å². The number of ether oxygens (including phenoxy) is 2. The fourth-order valence-electron chi connectivity index (χ4n) is 2.07. The van der Waals surface area contributed by atoms with Gasteiger partial charge in [-0.2, -0.15) is 0 Å². The molecule has 22 heavy (non-hydrogen) atoms. The molecule has 0 unspecified atom stereocenters. The number of fused-ring (bicyclic) bond motifs is 1. The minimum absolute atomic E-state index is 0.0514. The van der Waals surface area contributed by atoms with Crippen molar-refractivity contribution in [2.75, 3.05) is 51.5 Å². The number of hydrogen-bond acceptors (Lipinski definition) is 7. The van der Waals surface area contributed by atoms with E-state index in [0.29, 0.717) is 44.4 Å². The van der Waals surface area contributed by atoms with Gasteiger partial charge in [0.25, 0.3) is 0 Å². The lowest BCUT2D eigenvalue weighted by molar-refractivity contribution is 0.0735. The number of furan rings is 1. The quantitative estimate of drug-likeness (QED) is 0.695. The van der Waals surface area contributed by atoms with Crippen molar-refractivity contribution in [3.63, 3.8) is 0 Å². The van der Waals surface area contributed by atoms with Crippen LogP contribution in [0.5, 0.6) is 0 Å². The van der Waals surface area contributed by atoms with Crippen LogP contribution >= 0.6 is 0 Å². The minimum Gasteiger partial charge on any atom is -0.456 e. The van der Waals surface area contributed by atoms with Crippen LogP contribution in [-0.4, -0.2) is 51.7 Å². The van der Waals surface area contributed by atoms with Crippen LogP contribution in [0.1, 0.15) is 5.56 Å². The highest BCUT2D eigenvalue weighted by molar-refractivity contribution is 5.75. The molecule has 0 amide bonds. The Morgan fingerprint density at radius 2 is 2.05 bits per heavy atom. The molecule has 122 valence electrons. The van der Waals surface area contributed by atoms with Crippen LogP contribution in [-0.2, 0) is 9.47 Å². The first-order chi connectivity index (χ1) is 10.7. The third-order valence-electron chi connectivity index (χ3n) is 3.22. The normalized spacial score (nSPS) is 11.2. The summed E-state index contributed by atoms with van der Waals surface area (Å²) < 4.78 is 21.2. The highest BCUT2D eigenvalue weighted by atomic mass is 16.5. The summed E-state index contributed by atoms with van der Waals surface area (Å²) in [4.78, 5) is 13.8. The molecule has 0 radical (unpaired) electrons. The molecule has 0 saturated heterocycles. The zero-order valence-electron chi connectivity index (χ0n) is 12.8.